The number of nitrogen functional groups attached to an aromatic ring is 1. The van der Waals surface area contributed by atoms with E-state index in [1.165, 1.54) is 12.1 Å². The fourth-order valence-corrected chi connectivity index (χ4v) is 1.78. The monoisotopic (exact) mass is 234 g/mol. The molecule has 0 bridgehead atoms. The van der Waals surface area contributed by atoms with Gasteiger partial charge in [-0.3, -0.25) is 4.68 Å². The minimum Gasteiger partial charge on any atom is -0.394 e. The summed E-state index contributed by atoms with van der Waals surface area (Å²) in [5.41, 5.74) is 7.33. The number of benzene rings is 1. The Morgan fingerprint density at radius 2 is 2.24 bits per heavy atom. The number of nitrogens with two attached hydrogens (primary N) is 1. The van der Waals surface area contributed by atoms with Gasteiger partial charge < -0.3 is 10.6 Å². The zero-order valence-electron chi connectivity index (χ0n) is 9.89. The van der Waals surface area contributed by atoms with Gasteiger partial charge in [-0.25, -0.2) is 4.39 Å². The van der Waals surface area contributed by atoms with Crippen LogP contribution >= 0.6 is 0 Å². The number of halogens is 1. The maximum atomic E-state index is 13.0. The quantitative estimate of drug-likeness (QED) is 0.880. The molecule has 90 valence electrons. The number of nitrogens with zero attached hydrogens (tertiary/aromatic N) is 3. The highest BCUT2D eigenvalue weighted by Crippen LogP contribution is 2.20. The molecule has 0 saturated carbocycles. The molecule has 4 nitrogen and oxygen atoms in total. The molecule has 2 N–H and O–H groups in total. The van der Waals surface area contributed by atoms with Crippen molar-refractivity contribution in [2.75, 3.05) is 17.7 Å². The van der Waals surface area contributed by atoms with E-state index >= 15 is 0 Å². The Kier molecular flexibility index (Phi) is 2.99. The Bertz CT molecular complexity index is 521. The molecule has 0 fully saturated rings. The van der Waals surface area contributed by atoms with Crippen LogP contribution in [0, 0.1) is 5.82 Å². The molecule has 2 aromatic rings. The van der Waals surface area contributed by atoms with E-state index in [1.807, 2.05) is 25.1 Å². The molecular formula is C12H15FN4. The van der Waals surface area contributed by atoms with Crippen LogP contribution in [0.4, 0.5) is 15.9 Å². The first-order chi connectivity index (χ1) is 8.06. The van der Waals surface area contributed by atoms with Crippen molar-refractivity contribution in [1.29, 1.82) is 0 Å². The van der Waals surface area contributed by atoms with E-state index in [9.17, 15) is 4.39 Å². The predicted molar refractivity (Wildman–Crippen MR) is 66.1 cm³/mol. The molecule has 0 radical (unpaired) electrons. The maximum absolute atomic E-state index is 13.0. The number of hydrogen-bond acceptors (Lipinski definition) is 3. The van der Waals surface area contributed by atoms with Crippen LogP contribution in [-0.2, 0) is 13.6 Å². The molecule has 1 aromatic carbocycles. The standard InChI is InChI=1S/C12H15FN4/c1-16(12-11(14)8-17(2)15-12)7-9-4-3-5-10(13)6-9/h3-6,8H,7,14H2,1-2H3. The van der Waals surface area contributed by atoms with Gasteiger partial charge in [0.1, 0.15) is 5.82 Å². The van der Waals surface area contributed by atoms with Gasteiger partial charge in [0.25, 0.3) is 0 Å². The van der Waals surface area contributed by atoms with E-state index in [0.29, 0.717) is 18.1 Å². The van der Waals surface area contributed by atoms with Crippen molar-refractivity contribution < 1.29 is 4.39 Å². The molecule has 17 heavy (non-hydrogen) atoms. The van der Waals surface area contributed by atoms with Gasteiger partial charge >= 0.3 is 0 Å². The molecule has 0 atom stereocenters. The summed E-state index contributed by atoms with van der Waals surface area (Å²) < 4.78 is 14.7. The average Bonchev–Trinajstić information content (AvgIpc) is 2.58. The molecule has 0 aliphatic rings. The van der Waals surface area contributed by atoms with Crippen LogP contribution in [0.3, 0.4) is 0 Å². The van der Waals surface area contributed by atoms with E-state index in [1.54, 1.807) is 16.9 Å². The molecule has 0 aliphatic heterocycles. The summed E-state index contributed by atoms with van der Waals surface area (Å²) in [6.45, 7) is 0.568. The molecular weight excluding hydrogens is 219 g/mol. The van der Waals surface area contributed by atoms with E-state index < -0.39 is 0 Å². The zero-order valence-corrected chi connectivity index (χ0v) is 9.89. The van der Waals surface area contributed by atoms with Gasteiger partial charge in [-0.15, -0.1) is 0 Å². The zero-order chi connectivity index (χ0) is 12.4. The minimum absolute atomic E-state index is 0.232. The summed E-state index contributed by atoms with van der Waals surface area (Å²) in [4.78, 5) is 1.89. The first-order valence-corrected chi connectivity index (χ1v) is 5.31. The van der Waals surface area contributed by atoms with Crippen molar-refractivity contribution in [2.45, 2.75) is 6.54 Å². The lowest BCUT2D eigenvalue weighted by Gasteiger charge is -2.17. The van der Waals surface area contributed by atoms with E-state index in [-0.39, 0.29) is 5.82 Å². The highest BCUT2D eigenvalue weighted by molar-refractivity contribution is 5.61. The summed E-state index contributed by atoms with van der Waals surface area (Å²) in [6.07, 6.45) is 1.75. The van der Waals surface area contributed by atoms with Gasteiger partial charge in [0.05, 0.1) is 5.69 Å². The van der Waals surface area contributed by atoms with Crippen LogP contribution < -0.4 is 10.6 Å². The first-order valence-electron chi connectivity index (χ1n) is 5.31. The van der Waals surface area contributed by atoms with Crippen molar-refractivity contribution in [3.8, 4) is 0 Å². The SMILES string of the molecule is CN(Cc1cccc(F)c1)c1nn(C)cc1N. The largest absolute Gasteiger partial charge is 0.394 e. The van der Waals surface area contributed by atoms with Gasteiger partial charge in [0.2, 0.25) is 0 Å². The van der Waals surface area contributed by atoms with Crippen LogP contribution in [0.5, 0.6) is 0 Å². The summed E-state index contributed by atoms with van der Waals surface area (Å²) in [7, 11) is 3.69. The van der Waals surface area contributed by atoms with Crippen LogP contribution in [0.15, 0.2) is 30.5 Å². The summed E-state index contributed by atoms with van der Waals surface area (Å²) in [6, 6.07) is 6.51. The molecule has 0 saturated heterocycles. The summed E-state index contributed by atoms with van der Waals surface area (Å²) >= 11 is 0. The van der Waals surface area contributed by atoms with Crippen molar-refractivity contribution in [3.63, 3.8) is 0 Å². The number of aryl methyl sites for hydroxylation is 1. The Morgan fingerprint density at radius 1 is 1.47 bits per heavy atom. The molecule has 0 unspecified atom stereocenters. The highest BCUT2D eigenvalue weighted by Gasteiger charge is 2.10. The van der Waals surface area contributed by atoms with Gasteiger partial charge in [0, 0.05) is 26.8 Å². The number of aromatic nitrogens is 2. The molecule has 2 rings (SSSR count). The van der Waals surface area contributed by atoms with E-state index in [4.69, 9.17) is 5.73 Å². The van der Waals surface area contributed by atoms with Crippen LogP contribution in [0.2, 0.25) is 0 Å². The summed E-state index contributed by atoms with van der Waals surface area (Å²) in [5, 5.41) is 4.25. The fraction of sp³-hybridized carbons (Fsp3) is 0.250. The topological polar surface area (TPSA) is 47.1 Å². The second-order valence-electron chi connectivity index (χ2n) is 4.07. The van der Waals surface area contributed by atoms with Gasteiger partial charge in [-0.1, -0.05) is 12.1 Å². The number of rotatable bonds is 3. The Hall–Kier alpha value is -2.04. The second kappa shape index (κ2) is 4.45. The van der Waals surface area contributed by atoms with Gasteiger partial charge in [-0.05, 0) is 17.7 Å². The number of anilines is 2. The van der Waals surface area contributed by atoms with Crippen molar-refractivity contribution in [3.05, 3.63) is 41.8 Å². The van der Waals surface area contributed by atoms with Crippen LogP contribution in [0.25, 0.3) is 0 Å². The van der Waals surface area contributed by atoms with Crippen molar-refractivity contribution in [1.82, 2.24) is 9.78 Å². The third kappa shape index (κ3) is 2.55. The first kappa shape index (κ1) is 11.4. The van der Waals surface area contributed by atoms with Gasteiger partial charge in [0.15, 0.2) is 5.82 Å². The third-order valence-corrected chi connectivity index (χ3v) is 2.51. The van der Waals surface area contributed by atoms with E-state index in [2.05, 4.69) is 5.10 Å². The van der Waals surface area contributed by atoms with Gasteiger partial charge in [-0.2, -0.15) is 5.10 Å². The lowest BCUT2D eigenvalue weighted by Crippen LogP contribution is -2.18. The van der Waals surface area contributed by atoms with E-state index in [0.717, 1.165) is 5.56 Å². The normalized spacial score (nSPS) is 10.5. The smallest absolute Gasteiger partial charge is 0.173 e. The van der Waals surface area contributed by atoms with Crippen molar-refractivity contribution >= 4 is 11.5 Å². The maximum Gasteiger partial charge on any atom is 0.173 e. The van der Waals surface area contributed by atoms with Crippen molar-refractivity contribution in [2.24, 2.45) is 7.05 Å². The Morgan fingerprint density at radius 3 is 2.82 bits per heavy atom. The summed E-state index contributed by atoms with van der Waals surface area (Å²) in [5.74, 6) is 0.474. The second-order valence-corrected chi connectivity index (χ2v) is 4.07. The molecule has 0 aliphatic carbocycles. The predicted octanol–water partition coefficient (Wildman–Crippen LogP) is 1.78. The minimum atomic E-state index is -0.232. The Balaban J connectivity index is 2.16. The molecule has 5 heteroatoms. The fourth-order valence-electron chi connectivity index (χ4n) is 1.78. The van der Waals surface area contributed by atoms with Crippen LogP contribution in [0.1, 0.15) is 5.56 Å². The lowest BCUT2D eigenvalue weighted by molar-refractivity contribution is 0.625. The van der Waals surface area contributed by atoms with Crippen LogP contribution in [-0.4, -0.2) is 16.8 Å². The molecule has 1 heterocycles. The average molecular weight is 234 g/mol. The molecule has 0 amide bonds. The Labute approximate surface area is 99.5 Å². The highest BCUT2D eigenvalue weighted by atomic mass is 19.1. The number of hydrogen-bond donors (Lipinski definition) is 1. The third-order valence-electron chi connectivity index (χ3n) is 2.51. The lowest BCUT2D eigenvalue weighted by atomic mass is 10.2. The molecule has 1 aromatic heterocycles. The molecule has 0 spiro atoms.